The number of nitrogens with one attached hydrogen (secondary N) is 1. The molecule has 3 amide bonds. The first-order valence-electron chi connectivity index (χ1n) is 11.3. The lowest BCUT2D eigenvalue weighted by molar-refractivity contribution is -0.134. The summed E-state index contributed by atoms with van der Waals surface area (Å²) in [6.45, 7) is 4.62. The zero-order valence-electron chi connectivity index (χ0n) is 17.8. The van der Waals surface area contributed by atoms with Crippen LogP contribution in [0.4, 0.5) is 5.69 Å². The summed E-state index contributed by atoms with van der Waals surface area (Å²) in [4.78, 5) is 43.3. The maximum Gasteiger partial charge on any atom is 0.270 e. The normalized spacial score (nSPS) is 25.2. The van der Waals surface area contributed by atoms with Gasteiger partial charge in [-0.25, -0.2) is 5.43 Å². The third kappa shape index (κ3) is 3.91. The van der Waals surface area contributed by atoms with Crippen molar-refractivity contribution in [2.75, 3.05) is 44.2 Å². The minimum absolute atomic E-state index is 0.0737. The van der Waals surface area contributed by atoms with Crippen molar-refractivity contribution in [2.45, 2.75) is 32.1 Å². The highest BCUT2D eigenvalue weighted by atomic mass is 16.2. The fourth-order valence-corrected chi connectivity index (χ4v) is 5.26. The van der Waals surface area contributed by atoms with E-state index in [1.807, 2.05) is 15.9 Å². The van der Waals surface area contributed by atoms with E-state index in [1.165, 1.54) is 5.69 Å². The molecule has 3 fully saturated rings. The van der Waals surface area contributed by atoms with Crippen LogP contribution in [0.3, 0.4) is 0 Å². The Kier molecular flexibility index (Phi) is 5.16. The first-order valence-corrected chi connectivity index (χ1v) is 11.3. The van der Waals surface area contributed by atoms with E-state index in [0.717, 1.165) is 45.4 Å². The molecule has 1 spiro atoms. The fraction of sp³-hybridized carbons (Fsp3) is 0.565. The van der Waals surface area contributed by atoms with Gasteiger partial charge in [0.15, 0.2) is 0 Å². The van der Waals surface area contributed by atoms with Crippen LogP contribution in [0.2, 0.25) is 0 Å². The van der Waals surface area contributed by atoms with Gasteiger partial charge in [0, 0.05) is 63.7 Å². The van der Waals surface area contributed by atoms with Crippen LogP contribution < -0.4 is 10.3 Å². The summed E-state index contributed by atoms with van der Waals surface area (Å²) in [5.74, 6) is 0.194. The Hall–Kier alpha value is -2.90. The molecule has 3 heterocycles. The van der Waals surface area contributed by atoms with Crippen molar-refractivity contribution in [3.05, 3.63) is 30.3 Å². The lowest BCUT2D eigenvalue weighted by atomic mass is 9.90. The number of amides is 3. The molecule has 0 bridgehead atoms. The molecule has 1 aromatic rings. The molecule has 2 saturated heterocycles. The number of benzene rings is 1. The molecule has 1 unspecified atom stereocenters. The number of carbonyl (C=O) groups excluding carboxylic acids is 3. The molecule has 0 aromatic heterocycles. The van der Waals surface area contributed by atoms with Crippen LogP contribution in [-0.2, 0) is 14.4 Å². The van der Waals surface area contributed by atoms with Gasteiger partial charge in [0.1, 0.15) is 5.71 Å². The largest absolute Gasteiger partial charge is 0.368 e. The highest BCUT2D eigenvalue weighted by Crippen LogP contribution is 2.60. The molecule has 164 valence electrons. The number of hydrogen-bond acceptors (Lipinski definition) is 5. The van der Waals surface area contributed by atoms with Gasteiger partial charge in [-0.3, -0.25) is 14.4 Å². The van der Waals surface area contributed by atoms with Crippen LogP contribution >= 0.6 is 0 Å². The van der Waals surface area contributed by atoms with Gasteiger partial charge in [0.05, 0.1) is 0 Å². The zero-order chi connectivity index (χ0) is 21.4. The van der Waals surface area contributed by atoms with Crippen LogP contribution in [0.25, 0.3) is 0 Å². The molecular weight excluding hydrogens is 394 g/mol. The number of piperidine rings is 1. The van der Waals surface area contributed by atoms with Gasteiger partial charge in [-0.2, -0.15) is 5.10 Å². The van der Waals surface area contributed by atoms with Crippen LogP contribution in [0.5, 0.6) is 0 Å². The quantitative estimate of drug-likeness (QED) is 0.793. The molecule has 1 atom stereocenters. The van der Waals surface area contributed by atoms with Crippen molar-refractivity contribution in [3.63, 3.8) is 0 Å². The predicted octanol–water partition coefficient (Wildman–Crippen LogP) is 1.23. The molecule has 1 N–H and O–H groups in total. The van der Waals surface area contributed by atoms with Crippen molar-refractivity contribution < 1.29 is 14.4 Å². The van der Waals surface area contributed by atoms with Crippen LogP contribution in [0.15, 0.2) is 35.4 Å². The van der Waals surface area contributed by atoms with Crippen LogP contribution in [-0.4, -0.2) is 72.5 Å². The number of para-hydroxylation sites is 1. The van der Waals surface area contributed by atoms with Gasteiger partial charge in [-0.05, 0) is 36.8 Å². The average Bonchev–Trinajstić information content (AvgIpc) is 3.53. The smallest absolute Gasteiger partial charge is 0.270 e. The minimum atomic E-state index is -0.141. The highest BCUT2D eigenvalue weighted by molar-refractivity contribution is 6.39. The van der Waals surface area contributed by atoms with Gasteiger partial charge < -0.3 is 14.7 Å². The second-order valence-corrected chi connectivity index (χ2v) is 9.15. The fourth-order valence-electron chi connectivity index (χ4n) is 5.26. The first-order chi connectivity index (χ1) is 15.1. The Morgan fingerprint density at radius 1 is 0.935 bits per heavy atom. The molecule has 4 aliphatic rings. The Morgan fingerprint density at radius 2 is 1.65 bits per heavy atom. The Labute approximate surface area is 182 Å². The Morgan fingerprint density at radius 3 is 2.29 bits per heavy atom. The molecule has 1 aliphatic carbocycles. The van der Waals surface area contributed by atoms with Gasteiger partial charge in [-0.1, -0.05) is 18.2 Å². The molecule has 0 radical (unpaired) electrons. The monoisotopic (exact) mass is 423 g/mol. The number of hydrazone groups is 1. The average molecular weight is 424 g/mol. The maximum atomic E-state index is 13.1. The van der Waals surface area contributed by atoms with Crippen molar-refractivity contribution >= 4 is 29.1 Å². The maximum absolute atomic E-state index is 13.1. The van der Waals surface area contributed by atoms with Crippen molar-refractivity contribution in [2.24, 2.45) is 16.4 Å². The van der Waals surface area contributed by atoms with Gasteiger partial charge in [0.25, 0.3) is 5.91 Å². The van der Waals surface area contributed by atoms with E-state index in [9.17, 15) is 14.4 Å². The minimum Gasteiger partial charge on any atom is -0.368 e. The summed E-state index contributed by atoms with van der Waals surface area (Å²) in [6, 6.07) is 10.4. The highest BCUT2D eigenvalue weighted by Gasteiger charge is 2.59. The van der Waals surface area contributed by atoms with Crippen molar-refractivity contribution in [1.82, 2.24) is 15.2 Å². The number of nitrogens with zero attached hydrogens (tertiary/aromatic N) is 4. The van der Waals surface area contributed by atoms with Gasteiger partial charge >= 0.3 is 0 Å². The Bertz CT molecular complexity index is 899. The van der Waals surface area contributed by atoms with Crippen LogP contribution in [0.1, 0.15) is 32.1 Å². The molecule has 8 heteroatoms. The topological polar surface area (TPSA) is 85.3 Å². The summed E-state index contributed by atoms with van der Waals surface area (Å²) >= 11 is 0. The summed E-state index contributed by atoms with van der Waals surface area (Å²) in [5.41, 5.74) is 4.14. The SMILES string of the molecule is O=C1CCC(C(=O)N2CCC3(CC2)CC3C(=O)N2CCN(c3ccccc3)CC2)=NN1. The molecule has 8 nitrogen and oxygen atoms in total. The summed E-state index contributed by atoms with van der Waals surface area (Å²) in [5, 5.41) is 3.93. The first kappa shape index (κ1) is 20.0. The summed E-state index contributed by atoms with van der Waals surface area (Å²) < 4.78 is 0. The predicted molar refractivity (Wildman–Crippen MR) is 116 cm³/mol. The van der Waals surface area contributed by atoms with Gasteiger partial charge in [-0.15, -0.1) is 0 Å². The van der Waals surface area contributed by atoms with Crippen molar-refractivity contribution in [1.29, 1.82) is 0 Å². The van der Waals surface area contributed by atoms with E-state index in [4.69, 9.17) is 0 Å². The lowest BCUT2D eigenvalue weighted by Crippen LogP contribution is -2.50. The lowest BCUT2D eigenvalue weighted by Gasteiger charge is -2.37. The Balaban J connectivity index is 1.11. The number of rotatable bonds is 3. The molecule has 31 heavy (non-hydrogen) atoms. The number of piperazine rings is 1. The van der Waals surface area contributed by atoms with E-state index in [-0.39, 0.29) is 23.1 Å². The van der Waals surface area contributed by atoms with E-state index in [2.05, 4.69) is 39.7 Å². The van der Waals surface area contributed by atoms with E-state index < -0.39 is 0 Å². The number of carbonyl (C=O) groups is 3. The number of hydrogen-bond donors (Lipinski definition) is 1. The summed E-state index contributed by atoms with van der Waals surface area (Å²) in [7, 11) is 0. The van der Waals surface area contributed by atoms with E-state index in [1.54, 1.807) is 0 Å². The van der Waals surface area contributed by atoms with Crippen LogP contribution in [0, 0.1) is 11.3 Å². The standard InChI is InChI=1S/C23H29N5O3/c29-20-7-6-19(24-25-20)22(31)27-10-8-23(9-11-27)16-18(23)21(30)28-14-12-26(13-15-28)17-4-2-1-3-5-17/h1-5,18H,6-16H2,(H,25,29). The number of anilines is 1. The third-order valence-electron chi connectivity index (χ3n) is 7.40. The molecule has 1 saturated carbocycles. The summed E-state index contributed by atoms with van der Waals surface area (Å²) in [6.07, 6.45) is 3.42. The number of likely N-dealkylation sites (tertiary alicyclic amines) is 1. The van der Waals surface area contributed by atoms with E-state index in [0.29, 0.717) is 37.6 Å². The zero-order valence-corrected chi connectivity index (χ0v) is 17.8. The molecular formula is C23H29N5O3. The van der Waals surface area contributed by atoms with Gasteiger partial charge in [0.2, 0.25) is 11.8 Å². The molecule has 3 aliphatic heterocycles. The second-order valence-electron chi connectivity index (χ2n) is 9.15. The van der Waals surface area contributed by atoms with Crippen molar-refractivity contribution in [3.8, 4) is 0 Å². The molecule has 1 aromatic carbocycles. The molecule has 5 rings (SSSR count). The van der Waals surface area contributed by atoms with E-state index >= 15 is 0 Å². The third-order valence-corrected chi connectivity index (χ3v) is 7.40. The second kappa shape index (κ2) is 7.98.